The van der Waals surface area contributed by atoms with Crippen LogP contribution in [0, 0.1) is 6.92 Å². The molecule has 2 amide bonds. The van der Waals surface area contributed by atoms with Crippen molar-refractivity contribution in [1.29, 1.82) is 0 Å². The zero-order valence-electron chi connectivity index (χ0n) is 13.2. The molecule has 4 nitrogen and oxygen atoms in total. The molecule has 0 fully saturated rings. The van der Waals surface area contributed by atoms with Crippen molar-refractivity contribution in [3.05, 3.63) is 71.8 Å². The van der Waals surface area contributed by atoms with E-state index in [1.54, 1.807) is 13.0 Å². The Morgan fingerprint density at radius 1 is 1.04 bits per heavy atom. The van der Waals surface area contributed by atoms with E-state index in [1.807, 2.05) is 61.5 Å². The quantitative estimate of drug-likeness (QED) is 0.834. The molecule has 0 aliphatic carbocycles. The first-order chi connectivity index (χ1) is 11.0. The van der Waals surface area contributed by atoms with Gasteiger partial charge in [-0.25, -0.2) is 0 Å². The van der Waals surface area contributed by atoms with E-state index in [9.17, 15) is 9.59 Å². The Balaban J connectivity index is 1.88. The van der Waals surface area contributed by atoms with Gasteiger partial charge in [-0.15, -0.1) is 0 Å². The summed E-state index contributed by atoms with van der Waals surface area (Å²) in [5.41, 5.74) is 2.71. The minimum atomic E-state index is -0.622. The number of carbonyl (C=O) groups excluding carboxylic acids is 2. The molecule has 0 bridgehead atoms. The monoisotopic (exact) mass is 308 g/mol. The highest BCUT2D eigenvalue weighted by Gasteiger charge is 2.14. The lowest BCUT2D eigenvalue weighted by molar-refractivity contribution is -0.123. The molecule has 0 aliphatic rings. The van der Waals surface area contributed by atoms with Crippen LogP contribution < -0.4 is 10.6 Å². The summed E-state index contributed by atoms with van der Waals surface area (Å²) >= 11 is 0. The summed E-state index contributed by atoms with van der Waals surface area (Å²) < 4.78 is 0. The van der Waals surface area contributed by atoms with Crippen LogP contribution in [0.25, 0.3) is 6.08 Å². The van der Waals surface area contributed by atoms with Gasteiger partial charge < -0.3 is 10.6 Å². The third-order valence-electron chi connectivity index (χ3n) is 3.26. The van der Waals surface area contributed by atoms with Crippen LogP contribution in [0.5, 0.6) is 0 Å². The predicted octanol–water partition coefficient (Wildman–Crippen LogP) is 3.15. The van der Waals surface area contributed by atoms with E-state index >= 15 is 0 Å². The van der Waals surface area contributed by atoms with Crippen molar-refractivity contribution in [2.45, 2.75) is 19.9 Å². The lowest BCUT2D eigenvalue weighted by Gasteiger charge is -2.13. The number of aryl methyl sites for hydroxylation is 1. The van der Waals surface area contributed by atoms with Crippen molar-refractivity contribution in [2.24, 2.45) is 0 Å². The summed E-state index contributed by atoms with van der Waals surface area (Å²) in [6.07, 6.45) is 3.13. The van der Waals surface area contributed by atoms with Gasteiger partial charge in [0.1, 0.15) is 6.04 Å². The third kappa shape index (κ3) is 5.43. The van der Waals surface area contributed by atoms with Crippen LogP contribution in [0.15, 0.2) is 60.7 Å². The molecule has 0 heterocycles. The number of amides is 2. The maximum Gasteiger partial charge on any atom is 0.246 e. The fourth-order valence-corrected chi connectivity index (χ4v) is 2.04. The van der Waals surface area contributed by atoms with Gasteiger partial charge in [-0.05, 0) is 43.2 Å². The van der Waals surface area contributed by atoms with Gasteiger partial charge in [0.25, 0.3) is 0 Å². The molecule has 4 heteroatoms. The molecule has 2 N–H and O–H groups in total. The standard InChI is InChI=1S/C19H20N2O2/c1-14-7-6-10-17(13-14)21-19(23)15(2)20-18(22)12-11-16-8-4-3-5-9-16/h3-13,15H,1-2H3,(H,20,22)(H,21,23)/b12-11+/t15-/m0/s1. The molecular formula is C19H20N2O2. The van der Waals surface area contributed by atoms with E-state index in [-0.39, 0.29) is 11.8 Å². The molecule has 118 valence electrons. The molecule has 2 rings (SSSR count). The summed E-state index contributed by atoms with van der Waals surface area (Å²) in [5.74, 6) is -0.558. The van der Waals surface area contributed by atoms with Gasteiger partial charge in [-0.2, -0.15) is 0 Å². The second-order valence-corrected chi connectivity index (χ2v) is 5.33. The highest BCUT2D eigenvalue weighted by Crippen LogP contribution is 2.09. The zero-order valence-corrected chi connectivity index (χ0v) is 13.2. The number of carbonyl (C=O) groups is 2. The van der Waals surface area contributed by atoms with Gasteiger partial charge in [-0.3, -0.25) is 9.59 Å². The molecule has 1 atom stereocenters. The molecule has 0 aromatic heterocycles. The summed E-state index contributed by atoms with van der Waals surface area (Å²) in [5, 5.41) is 5.43. The average Bonchev–Trinajstić information content (AvgIpc) is 2.54. The largest absolute Gasteiger partial charge is 0.341 e. The van der Waals surface area contributed by atoms with Crippen molar-refractivity contribution in [2.75, 3.05) is 5.32 Å². The van der Waals surface area contributed by atoms with Crippen LogP contribution in [-0.4, -0.2) is 17.9 Å². The zero-order chi connectivity index (χ0) is 16.7. The van der Waals surface area contributed by atoms with Crippen LogP contribution >= 0.6 is 0 Å². The molecule has 2 aromatic carbocycles. The first kappa shape index (κ1) is 16.5. The summed E-state index contributed by atoms with van der Waals surface area (Å²) in [7, 11) is 0. The molecular weight excluding hydrogens is 288 g/mol. The molecule has 23 heavy (non-hydrogen) atoms. The Morgan fingerprint density at radius 3 is 2.48 bits per heavy atom. The Labute approximate surface area is 136 Å². The molecule has 2 aromatic rings. The van der Waals surface area contributed by atoms with E-state index < -0.39 is 6.04 Å². The first-order valence-corrected chi connectivity index (χ1v) is 7.46. The second-order valence-electron chi connectivity index (χ2n) is 5.33. The van der Waals surface area contributed by atoms with E-state index in [4.69, 9.17) is 0 Å². The third-order valence-corrected chi connectivity index (χ3v) is 3.26. The lowest BCUT2D eigenvalue weighted by atomic mass is 10.2. The van der Waals surface area contributed by atoms with Crippen LogP contribution in [0.4, 0.5) is 5.69 Å². The van der Waals surface area contributed by atoms with E-state index in [0.29, 0.717) is 0 Å². The minimum Gasteiger partial charge on any atom is -0.341 e. The lowest BCUT2D eigenvalue weighted by Crippen LogP contribution is -2.40. The Morgan fingerprint density at radius 2 is 1.78 bits per heavy atom. The number of benzene rings is 2. The van der Waals surface area contributed by atoms with Gasteiger partial charge in [0, 0.05) is 11.8 Å². The van der Waals surface area contributed by atoms with Crippen molar-refractivity contribution < 1.29 is 9.59 Å². The summed E-state index contributed by atoms with van der Waals surface area (Å²) in [6.45, 7) is 3.61. The summed E-state index contributed by atoms with van der Waals surface area (Å²) in [4.78, 5) is 23.9. The van der Waals surface area contributed by atoms with Crippen molar-refractivity contribution >= 4 is 23.6 Å². The highest BCUT2D eigenvalue weighted by atomic mass is 16.2. The van der Waals surface area contributed by atoms with Crippen LogP contribution in [0.3, 0.4) is 0 Å². The maximum absolute atomic E-state index is 12.1. The van der Waals surface area contributed by atoms with E-state index in [0.717, 1.165) is 16.8 Å². The van der Waals surface area contributed by atoms with Crippen LogP contribution in [0.2, 0.25) is 0 Å². The second kappa shape index (κ2) is 7.94. The smallest absolute Gasteiger partial charge is 0.246 e. The normalized spacial score (nSPS) is 11.9. The molecule has 0 aliphatic heterocycles. The van der Waals surface area contributed by atoms with E-state index in [1.165, 1.54) is 6.08 Å². The van der Waals surface area contributed by atoms with Gasteiger partial charge in [0.05, 0.1) is 0 Å². The fourth-order valence-electron chi connectivity index (χ4n) is 2.04. The average molecular weight is 308 g/mol. The number of anilines is 1. The van der Waals surface area contributed by atoms with Gasteiger partial charge in [-0.1, -0.05) is 42.5 Å². The first-order valence-electron chi connectivity index (χ1n) is 7.46. The Kier molecular flexibility index (Phi) is 5.69. The topological polar surface area (TPSA) is 58.2 Å². The highest BCUT2D eigenvalue weighted by molar-refractivity contribution is 5.99. The number of nitrogens with one attached hydrogen (secondary N) is 2. The van der Waals surface area contributed by atoms with Gasteiger partial charge in [0.15, 0.2) is 0 Å². The maximum atomic E-state index is 12.1. The summed E-state index contributed by atoms with van der Waals surface area (Å²) in [6, 6.07) is 16.4. The molecule has 0 saturated carbocycles. The molecule has 0 unspecified atom stereocenters. The number of hydrogen-bond donors (Lipinski definition) is 2. The van der Waals surface area contributed by atoms with Crippen molar-refractivity contribution in [3.8, 4) is 0 Å². The molecule has 0 spiro atoms. The molecule has 0 radical (unpaired) electrons. The molecule has 0 saturated heterocycles. The SMILES string of the molecule is Cc1cccc(NC(=O)[C@H](C)NC(=O)/C=C/c2ccccc2)c1. The number of rotatable bonds is 5. The fraction of sp³-hybridized carbons (Fsp3) is 0.158. The van der Waals surface area contributed by atoms with Gasteiger partial charge in [0.2, 0.25) is 11.8 Å². The Bertz CT molecular complexity index is 708. The minimum absolute atomic E-state index is 0.253. The Hall–Kier alpha value is -2.88. The van der Waals surface area contributed by atoms with E-state index in [2.05, 4.69) is 10.6 Å². The van der Waals surface area contributed by atoms with Crippen LogP contribution in [-0.2, 0) is 9.59 Å². The van der Waals surface area contributed by atoms with Crippen LogP contribution in [0.1, 0.15) is 18.1 Å². The van der Waals surface area contributed by atoms with Gasteiger partial charge >= 0.3 is 0 Å². The number of hydrogen-bond acceptors (Lipinski definition) is 2. The van der Waals surface area contributed by atoms with Crippen molar-refractivity contribution in [1.82, 2.24) is 5.32 Å². The van der Waals surface area contributed by atoms with Crippen molar-refractivity contribution in [3.63, 3.8) is 0 Å². The predicted molar refractivity (Wildman–Crippen MR) is 92.9 cm³/mol.